The summed E-state index contributed by atoms with van der Waals surface area (Å²) in [5.74, 6) is -0.114. The second-order valence-electron chi connectivity index (χ2n) is 3.57. The number of para-hydroxylation sites is 1. The first-order valence-electron chi connectivity index (χ1n) is 4.70. The van der Waals surface area contributed by atoms with E-state index in [0.717, 1.165) is 6.07 Å². The van der Waals surface area contributed by atoms with Gasteiger partial charge in [-0.05, 0) is 26.0 Å². The van der Waals surface area contributed by atoms with E-state index < -0.39 is 25.5 Å². The minimum atomic E-state index is -4.16. The van der Waals surface area contributed by atoms with Crippen LogP contribution >= 0.6 is 0 Å². The molecule has 0 amide bonds. The van der Waals surface area contributed by atoms with E-state index in [1.807, 2.05) is 0 Å². The van der Waals surface area contributed by atoms with Crippen LogP contribution < -0.4 is 9.88 Å². The summed E-state index contributed by atoms with van der Waals surface area (Å²) in [6.07, 6.45) is -0.315. The van der Waals surface area contributed by atoms with Gasteiger partial charge in [0, 0.05) is 0 Å². The molecule has 8 heteroatoms. The molecule has 0 radical (unpaired) electrons. The van der Waals surface area contributed by atoms with Crippen LogP contribution in [0.2, 0.25) is 0 Å². The maximum Gasteiger partial charge on any atom is 0.330 e. The van der Waals surface area contributed by atoms with Gasteiger partial charge in [-0.2, -0.15) is 0 Å². The first-order chi connectivity index (χ1) is 7.73. The molecule has 1 aromatic rings. The minimum absolute atomic E-state index is 0.114. The molecule has 0 aliphatic carbocycles. The van der Waals surface area contributed by atoms with Crippen molar-refractivity contribution in [3.8, 4) is 5.75 Å². The van der Waals surface area contributed by atoms with Crippen LogP contribution in [-0.2, 0) is 10.0 Å². The van der Waals surface area contributed by atoms with Gasteiger partial charge in [0.05, 0.1) is 11.0 Å². The second kappa shape index (κ2) is 4.68. The molecule has 94 valence electrons. The van der Waals surface area contributed by atoms with Crippen molar-refractivity contribution in [2.75, 3.05) is 0 Å². The molecule has 0 saturated heterocycles. The van der Waals surface area contributed by atoms with Crippen LogP contribution in [0.5, 0.6) is 5.75 Å². The molecule has 1 aromatic carbocycles. The molecule has 1 rings (SSSR count). The number of nitrogens with two attached hydrogens (primary N) is 1. The van der Waals surface area contributed by atoms with Crippen LogP contribution in [0.1, 0.15) is 13.8 Å². The Kier molecular flexibility index (Phi) is 3.69. The molecule has 0 aliphatic rings. The highest BCUT2D eigenvalue weighted by Crippen LogP contribution is 2.33. The SMILES string of the molecule is CC(C)Oc1cccc(S(N)(=O)=O)c1[N+](=O)[O-]. The molecule has 17 heavy (non-hydrogen) atoms. The van der Waals surface area contributed by atoms with Crippen LogP contribution in [0, 0.1) is 10.1 Å². The number of ether oxygens (including phenoxy) is 1. The predicted molar refractivity (Wildman–Crippen MR) is 60.2 cm³/mol. The summed E-state index contributed by atoms with van der Waals surface area (Å²) in [4.78, 5) is 9.50. The maximum absolute atomic E-state index is 11.2. The van der Waals surface area contributed by atoms with E-state index in [4.69, 9.17) is 9.88 Å². The average Bonchev–Trinajstić information content (AvgIpc) is 2.14. The highest BCUT2D eigenvalue weighted by Gasteiger charge is 2.27. The highest BCUT2D eigenvalue weighted by atomic mass is 32.2. The van der Waals surface area contributed by atoms with Crippen molar-refractivity contribution < 1.29 is 18.1 Å². The van der Waals surface area contributed by atoms with Gasteiger partial charge in [-0.25, -0.2) is 13.6 Å². The Labute approximate surface area is 98.4 Å². The molecule has 2 N–H and O–H groups in total. The zero-order valence-electron chi connectivity index (χ0n) is 9.28. The Morgan fingerprint density at radius 1 is 1.41 bits per heavy atom. The molecular formula is C9H12N2O5S. The van der Waals surface area contributed by atoms with Crippen LogP contribution in [-0.4, -0.2) is 19.4 Å². The number of hydrogen-bond donors (Lipinski definition) is 1. The van der Waals surface area contributed by atoms with Gasteiger partial charge in [-0.3, -0.25) is 10.1 Å². The van der Waals surface area contributed by atoms with Crippen LogP contribution in [0.3, 0.4) is 0 Å². The number of nitro groups is 1. The number of sulfonamides is 1. The lowest BCUT2D eigenvalue weighted by Crippen LogP contribution is -2.16. The van der Waals surface area contributed by atoms with Crippen LogP contribution in [0.4, 0.5) is 5.69 Å². The van der Waals surface area contributed by atoms with E-state index in [-0.39, 0.29) is 11.9 Å². The van der Waals surface area contributed by atoms with E-state index in [1.165, 1.54) is 12.1 Å². The standard InChI is InChI=1S/C9H12N2O5S/c1-6(2)16-7-4-3-5-8(17(10,14)15)9(7)11(12)13/h3-6H,1-2H3,(H2,10,14,15). The molecular weight excluding hydrogens is 248 g/mol. The van der Waals surface area contributed by atoms with E-state index in [1.54, 1.807) is 13.8 Å². The van der Waals surface area contributed by atoms with Crippen molar-refractivity contribution >= 4 is 15.7 Å². The summed E-state index contributed by atoms with van der Waals surface area (Å²) in [6, 6.07) is 3.73. The number of hydrogen-bond acceptors (Lipinski definition) is 5. The van der Waals surface area contributed by atoms with Gasteiger partial charge in [0.15, 0.2) is 10.6 Å². The minimum Gasteiger partial charge on any atom is -0.484 e. The summed E-state index contributed by atoms with van der Waals surface area (Å²) in [5, 5.41) is 15.8. The third-order valence-corrected chi connectivity index (χ3v) is 2.76. The zero-order valence-corrected chi connectivity index (χ0v) is 10.1. The van der Waals surface area contributed by atoms with Crippen LogP contribution in [0.15, 0.2) is 23.1 Å². The fraction of sp³-hybridized carbons (Fsp3) is 0.333. The van der Waals surface area contributed by atoms with Gasteiger partial charge in [-0.1, -0.05) is 6.07 Å². The summed E-state index contributed by atoms with van der Waals surface area (Å²) in [7, 11) is -4.16. The Morgan fingerprint density at radius 2 is 2.00 bits per heavy atom. The van der Waals surface area contributed by atoms with Crippen LogP contribution in [0.25, 0.3) is 0 Å². The molecule has 0 atom stereocenters. The number of rotatable bonds is 4. The summed E-state index contributed by atoms with van der Waals surface area (Å²) >= 11 is 0. The fourth-order valence-electron chi connectivity index (χ4n) is 1.26. The van der Waals surface area contributed by atoms with E-state index in [2.05, 4.69) is 0 Å². The average molecular weight is 260 g/mol. The van der Waals surface area contributed by atoms with Gasteiger partial charge in [-0.15, -0.1) is 0 Å². The number of nitro benzene ring substituents is 1. The Bertz CT molecular complexity index is 538. The molecule has 0 spiro atoms. The Morgan fingerprint density at radius 3 is 2.41 bits per heavy atom. The van der Waals surface area contributed by atoms with Gasteiger partial charge in [0.1, 0.15) is 0 Å². The summed E-state index contributed by atoms with van der Waals surface area (Å²) in [6.45, 7) is 3.35. The molecule has 0 aliphatic heterocycles. The largest absolute Gasteiger partial charge is 0.484 e. The lowest BCUT2D eigenvalue weighted by molar-refractivity contribution is -0.389. The second-order valence-corrected chi connectivity index (χ2v) is 5.10. The normalized spacial score (nSPS) is 11.5. The van der Waals surface area contributed by atoms with Crippen molar-refractivity contribution in [1.82, 2.24) is 0 Å². The van der Waals surface area contributed by atoms with Gasteiger partial charge >= 0.3 is 5.69 Å². The first kappa shape index (κ1) is 13.4. The molecule has 0 fully saturated rings. The first-order valence-corrected chi connectivity index (χ1v) is 6.25. The molecule has 0 unspecified atom stereocenters. The third kappa shape index (κ3) is 3.14. The zero-order chi connectivity index (χ0) is 13.2. The van der Waals surface area contributed by atoms with Crippen molar-refractivity contribution in [3.63, 3.8) is 0 Å². The maximum atomic E-state index is 11.2. The van der Waals surface area contributed by atoms with Crippen molar-refractivity contribution in [1.29, 1.82) is 0 Å². The molecule has 0 heterocycles. The van der Waals surface area contributed by atoms with Gasteiger partial charge in [0.2, 0.25) is 10.0 Å². The predicted octanol–water partition coefficient (Wildman–Crippen LogP) is 1.03. The van der Waals surface area contributed by atoms with Crippen molar-refractivity contribution in [2.45, 2.75) is 24.8 Å². The van der Waals surface area contributed by atoms with Gasteiger partial charge in [0.25, 0.3) is 0 Å². The summed E-state index contributed by atoms with van der Waals surface area (Å²) < 4.78 is 27.6. The molecule has 7 nitrogen and oxygen atoms in total. The van der Waals surface area contributed by atoms with Gasteiger partial charge < -0.3 is 4.74 Å². The Hall–Kier alpha value is -1.67. The Balaban J connectivity index is 3.49. The van der Waals surface area contributed by atoms with Crippen molar-refractivity contribution in [3.05, 3.63) is 28.3 Å². The topological polar surface area (TPSA) is 113 Å². The lowest BCUT2D eigenvalue weighted by atomic mass is 10.3. The highest BCUT2D eigenvalue weighted by molar-refractivity contribution is 7.89. The number of benzene rings is 1. The fourth-order valence-corrected chi connectivity index (χ4v) is 1.97. The van der Waals surface area contributed by atoms with E-state index in [9.17, 15) is 18.5 Å². The van der Waals surface area contributed by atoms with E-state index >= 15 is 0 Å². The molecule has 0 bridgehead atoms. The lowest BCUT2D eigenvalue weighted by Gasteiger charge is -2.11. The quantitative estimate of drug-likeness (QED) is 0.641. The van der Waals surface area contributed by atoms with Crippen molar-refractivity contribution in [2.24, 2.45) is 5.14 Å². The summed E-state index contributed by atoms with van der Waals surface area (Å²) in [5.41, 5.74) is -0.635. The van der Waals surface area contributed by atoms with E-state index in [0.29, 0.717) is 0 Å². The molecule has 0 aromatic heterocycles. The monoisotopic (exact) mass is 260 g/mol. The number of nitrogens with zero attached hydrogens (tertiary/aromatic N) is 1. The molecule has 0 saturated carbocycles. The third-order valence-electron chi connectivity index (χ3n) is 1.81. The number of primary sulfonamides is 1. The smallest absolute Gasteiger partial charge is 0.330 e.